The molecule has 0 aromatic carbocycles. The number of hydrogen-bond donors (Lipinski definition) is 1. The summed E-state index contributed by atoms with van der Waals surface area (Å²) < 4.78 is 5.69. The molecule has 4 nitrogen and oxygen atoms in total. The second-order valence-electron chi connectivity index (χ2n) is 4.32. The van der Waals surface area contributed by atoms with Crippen LogP contribution in [0, 0.1) is 0 Å². The van der Waals surface area contributed by atoms with Gasteiger partial charge in [0.15, 0.2) is 0 Å². The van der Waals surface area contributed by atoms with Crippen molar-refractivity contribution in [1.29, 1.82) is 0 Å². The molecule has 1 unspecified atom stereocenters. The van der Waals surface area contributed by atoms with E-state index in [0.29, 0.717) is 6.10 Å². The van der Waals surface area contributed by atoms with Crippen molar-refractivity contribution in [2.75, 3.05) is 37.0 Å². The molecule has 1 fully saturated rings. The van der Waals surface area contributed by atoms with E-state index in [0.717, 1.165) is 25.5 Å². The van der Waals surface area contributed by atoms with Crippen LogP contribution in [-0.4, -0.2) is 37.8 Å². The third kappa shape index (κ3) is 3.09. The average molecular weight is 235 g/mol. The highest BCUT2D eigenvalue weighted by Gasteiger charge is 2.18. The standard InChI is InChI=1S/C13H21N3O/c1-3-16(10-12-5-4-8-17-12)11-6-7-15-13(9-11)14-2/h6-7,9,12H,3-5,8,10H2,1-2H3,(H,14,15). The van der Waals surface area contributed by atoms with E-state index >= 15 is 0 Å². The van der Waals surface area contributed by atoms with Crippen molar-refractivity contribution in [3.05, 3.63) is 18.3 Å². The molecule has 94 valence electrons. The zero-order chi connectivity index (χ0) is 12.1. The van der Waals surface area contributed by atoms with Gasteiger partial charge in [-0.05, 0) is 25.8 Å². The van der Waals surface area contributed by atoms with Crippen LogP contribution in [0.3, 0.4) is 0 Å². The van der Waals surface area contributed by atoms with Gasteiger partial charge in [0, 0.05) is 44.7 Å². The first-order valence-electron chi connectivity index (χ1n) is 6.34. The molecule has 0 radical (unpaired) electrons. The molecule has 1 atom stereocenters. The monoisotopic (exact) mass is 235 g/mol. The molecule has 17 heavy (non-hydrogen) atoms. The molecule has 0 aliphatic carbocycles. The smallest absolute Gasteiger partial charge is 0.127 e. The SMILES string of the molecule is CCN(CC1CCCO1)c1ccnc(NC)c1. The van der Waals surface area contributed by atoms with Crippen LogP contribution in [0.25, 0.3) is 0 Å². The Hall–Kier alpha value is -1.29. The zero-order valence-corrected chi connectivity index (χ0v) is 10.6. The fourth-order valence-electron chi connectivity index (χ4n) is 2.20. The molecular formula is C13H21N3O. The number of rotatable bonds is 5. The third-order valence-electron chi connectivity index (χ3n) is 3.19. The van der Waals surface area contributed by atoms with Gasteiger partial charge >= 0.3 is 0 Å². The number of pyridine rings is 1. The second-order valence-corrected chi connectivity index (χ2v) is 4.32. The summed E-state index contributed by atoms with van der Waals surface area (Å²) in [7, 11) is 1.89. The van der Waals surface area contributed by atoms with Crippen molar-refractivity contribution in [3.8, 4) is 0 Å². The number of aromatic nitrogens is 1. The molecule has 1 aliphatic heterocycles. The normalized spacial score (nSPS) is 19.3. The van der Waals surface area contributed by atoms with Gasteiger partial charge < -0.3 is 15.0 Å². The summed E-state index contributed by atoms with van der Waals surface area (Å²) in [6.07, 6.45) is 4.61. The number of ether oxygens (including phenoxy) is 1. The predicted octanol–water partition coefficient (Wildman–Crippen LogP) is 2.13. The summed E-state index contributed by atoms with van der Waals surface area (Å²) in [5, 5.41) is 3.07. The fraction of sp³-hybridized carbons (Fsp3) is 0.615. The van der Waals surface area contributed by atoms with Crippen LogP contribution in [0.1, 0.15) is 19.8 Å². The van der Waals surface area contributed by atoms with Crippen molar-refractivity contribution in [3.63, 3.8) is 0 Å². The maximum absolute atomic E-state index is 5.69. The lowest BCUT2D eigenvalue weighted by Crippen LogP contribution is -2.32. The van der Waals surface area contributed by atoms with Gasteiger partial charge in [0.25, 0.3) is 0 Å². The molecule has 0 saturated carbocycles. The first-order chi connectivity index (χ1) is 8.33. The Balaban J connectivity index is 2.04. The van der Waals surface area contributed by atoms with E-state index in [1.54, 1.807) is 0 Å². The Bertz CT molecular complexity index is 350. The number of hydrogen-bond acceptors (Lipinski definition) is 4. The van der Waals surface area contributed by atoms with Gasteiger partial charge in [-0.2, -0.15) is 0 Å². The van der Waals surface area contributed by atoms with E-state index in [4.69, 9.17) is 4.74 Å². The molecule has 1 saturated heterocycles. The molecule has 1 aromatic heterocycles. The van der Waals surface area contributed by atoms with Gasteiger partial charge in [-0.1, -0.05) is 0 Å². The van der Waals surface area contributed by atoms with Crippen LogP contribution in [-0.2, 0) is 4.74 Å². The van der Waals surface area contributed by atoms with Crippen molar-refractivity contribution in [2.24, 2.45) is 0 Å². The van der Waals surface area contributed by atoms with Crippen LogP contribution in [0.5, 0.6) is 0 Å². The Labute approximate surface area is 103 Å². The number of nitrogens with one attached hydrogen (secondary N) is 1. The van der Waals surface area contributed by atoms with Gasteiger partial charge in [0.05, 0.1) is 6.10 Å². The molecule has 0 amide bonds. The summed E-state index contributed by atoms with van der Waals surface area (Å²) in [6.45, 7) is 5.06. The van der Waals surface area contributed by atoms with Crippen molar-refractivity contribution in [1.82, 2.24) is 4.98 Å². The maximum atomic E-state index is 5.69. The minimum absolute atomic E-state index is 0.390. The minimum Gasteiger partial charge on any atom is -0.376 e. The van der Waals surface area contributed by atoms with E-state index in [-0.39, 0.29) is 0 Å². The molecule has 1 N–H and O–H groups in total. The first kappa shape index (κ1) is 12.2. The van der Waals surface area contributed by atoms with E-state index in [1.165, 1.54) is 18.5 Å². The predicted molar refractivity (Wildman–Crippen MR) is 70.6 cm³/mol. The second kappa shape index (κ2) is 5.87. The lowest BCUT2D eigenvalue weighted by molar-refractivity contribution is 0.115. The maximum Gasteiger partial charge on any atom is 0.127 e. The molecule has 4 heteroatoms. The fourth-order valence-corrected chi connectivity index (χ4v) is 2.20. The van der Waals surface area contributed by atoms with Crippen LogP contribution in [0.4, 0.5) is 11.5 Å². The van der Waals surface area contributed by atoms with Gasteiger partial charge in [-0.3, -0.25) is 0 Å². The van der Waals surface area contributed by atoms with Crippen LogP contribution in [0.15, 0.2) is 18.3 Å². The first-order valence-corrected chi connectivity index (χ1v) is 6.34. The summed E-state index contributed by atoms with van der Waals surface area (Å²) in [5.74, 6) is 0.910. The molecule has 2 heterocycles. The van der Waals surface area contributed by atoms with Crippen LogP contribution in [0.2, 0.25) is 0 Å². The van der Waals surface area contributed by atoms with E-state index in [1.807, 2.05) is 13.2 Å². The molecule has 1 aliphatic rings. The quantitative estimate of drug-likeness (QED) is 0.848. The van der Waals surface area contributed by atoms with E-state index in [9.17, 15) is 0 Å². The Morgan fingerprint density at radius 1 is 1.59 bits per heavy atom. The number of likely N-dealkylation sites (N-methyl/N-ethyl adjacent to an activating group) is 1. The third-order valence-corrected chi connectivity index (χ3v) is 3.19. The molecule has 0 bridgehead atoms. The molecular weight excluding hydrogens is 214 g/mol. The Morgan fingerprint density at radius 2 is 2.47 bits per heavy atom. The Kier molecular flexibility index (Phi) is 4.20. The van der Waals surface area contributed by atoms with Gasteiger partial charge in [-0.25, -0.2) is 4.98 Å². The van der Waals surface area contributed by atoms with Gasteiger partial charge in [-0.15, -0.1) is 0 Å². The van der Waals surface area contributed by atoms with Crippen molar-refractivity contribution < 1.29 is 4.74 Å². The number of nitrogens with zero attached hydrogens (tertiary/aromatic N) is 2. The highest BCUT2D eigenvalue weighted by Crippen LogP contribution is 2.20. The lowest BCUT2D eigenvalue weighted by atomic mass is 10.2. The molecule has 2 rings (SSSR count). The summed E-state index contributed by atoms with van der Waals surface area (Å²) in [4.78, 5) is 6.58. The van der Waals surface area contributed by atoms with Crippen LogP contribution >= 0.6 is 0 Å². The van der Waals surface area contributed by atoms with Gasteiger partial charge in [0.1, 0.15) is 5.82 Å². The lowest BCUT2D eigenvalue weighted by Gasteiger charge is -2.26. The van der Waals surface area contributed by atoms with Crippen molar-refractivity contribution >= 4 is 11.5 Å². The Morgan fingerprint density at radius 3 is 3.12 bits per heavy atom. The summed E-state index contributed by atoms with van der Waals surface area (Å²) >= 11 is 0. The minimum atomic E-state index is 0.390. The highest BCUT2D eigenvalue weighted by atomic mass is 16.5. The van der Waals surface area contributed by atoms with Gasteiger partial charge in [0.2, 0.25) is 0 Å². The highest BCUT2D eigenvalue weighted by molar-refractivity contribution is 5.53. The molecule has 0 spiro atoms. The summed E-state index contributed by atoms with van der Waals surface area (Å²) in [5.41, 5.74) is 1.21. The number of anilines is 2. The van der Waals surface area contributed by atoms with E-state index < -0.39 is 0 Å². The van der Waals surface area contributed by atoms with Crippen LogP contribution < -0.4 is 10.2 Å². The van der Waals surface area contributed by atoms with Crippen molar-refractivity contribution in [2.45, 2.75) is 25.9 Å². The zero-order valence-electron chi connectivity index (χ0n) is 10.6. The summed E-state index contributed by atoms with van der Waals surface area (Å²) in [6, 6.07) is 4.14. The van der Waals surface area contributed by atoms with E-state index in [2.05, 4.69) is 34.3 Å². The largest absolute Gasteiger partial charge is 0.376 e. The molecule has 1 aromatic rings. The topological polar surface area (TPSA) is 37.4 Å². The average Bonchev–Trinajstić information content (AvgIpc) is 2.89.